The molecular weight excluding hydrogens is 352 g/mol. The van der Waals surface area contributed by atoms with Gasteiger partial charge >= 0.3 is 0 Å². The monoisotopic (exact) mass is 374 g/mol. The van der Waals surface area contributed by atoms with Gasteiger partial charge in [0.25, 0.3) is 5.91 Å². The lowest BCUT2D eigenvalue weighted by Crippen LogP contribution is -2.45. The Morgan fingerprint density at radius 3 is 2.35 bits per heavy atom. The van der Waals surface area contributed by atoms with Gasteiger partial charge in [0.05, 0.1) is 12.1 Å². The number of amides is 2. The summed E-state index contributed by atoms with van der Waals surface area (Å²) in [4.78, 5) is 24.3. The second-order valence-corrected chi connectivity index (χ2v) is 7.33. The molecule has 138 valence electrons. The lowest BCUT2D eigenvalue weighted by atomic mass is 10.1. The molecule has 0 fully saturated rings. The second-order valence-electron chi connectivity index (χ2n) is 6.89. The van der Waals surface area contributed by atoms with Crippen LogP contribution >= 0.6 is 11.6 Å². The first-order valence-corrected chi connectivity index (χ1v) is 8.68. The van der Waals surface area contributed by atoms with Crippen molar-refractivity contribution in [2.24, 2.45) is 0 Å². The largest absolute Gasteiger partial charge is 0.488 e. The van der Waals surface area contributed by atoms with Gasteiger partial charge in [0.2, 0.25) is 5.91 Å². The molecule has 5 nitrogen and oxygen atoms in total. The van der Waals surface area contributed by atoms with Gasteiger partial charge in [-0.25, -0.2) is 0 Å². The van der Waals surface area contributed by atoms with Gasteiger partial charge in [-0.3, -0.25) is 9.59 Å². The zero-order chi connectivity index (χ0) is 19.2. The van der Waals surface area contributed by atoms with Crippen LogP contribution < -0.4 is 15.4 Å². The van der Waals surface area contributed by atoms with E-state index in [9.17, 15) is 9.59 Å². The zero-order valence-electron chi connectivity index (χ0n) is 15.1. The first-order valence-electron chi connectivity index (χ1n) is 8.30. The average Bonchev–Trinajstić information content (AvgIpc) is 2.58. The third-order valence-electron chi connectivity index (χ3n) is 3.36. The average molecular weight is 375 g/mol. The van der Waals surface area contributed by atoms with Crippen molar-refractivity contribution in [1.82, 2.24) is 10.6 Å². The molecule has 0 heterocycles. The molecule has 0 bridgehead atoms. The van der Waals surface area contributed by atoms with Crippen molar-refractivity contribution in [1.29, 1.82) is 0 Å². The number of halogens is 1. The quantitative estimate of drug-likeness (QED) is 0.812. The molecule has 0 atom stereocenters. The van der Waals surface area contributed by atoms with E-state index in [1.54, 1.807) is 36.4 Å². The van der Waals surface area contributed by atoms with Gasteiger partial charge in [0, 0.05) is 10.6 Å². The van der Waals surface area contributed by atoms with Crippen LogP contribution in [0.25, 0.3) is 0 Å². The molecule has 2 N–H and O–H groups in total. The van der Waals surface area contributed by atoms with E-state index in [1.165, 1.54) is 0 Å². The lowest BCUT2D eigenvalue weighted by Gasteiger charge is -2.20. The Balaban J connectivity index is 1.97. The maximum absolute atomic E-state index is 12.4. The van der Waals surface area contributed by atoms with Crippen LogP contribution in [-0.4, -0.2) is 23.9 Å². The minimum absolute atomic E-state index is 0.0956. The van der Waals surface area contributed by atoms with Gasteiger partial charge in [-0.1, -0.05) is 35.9 Å². The van der Waals surface area contributed by atoms with Crippen LogP contribution in [0.15, 0.2) is 48.5 Å². The standard InChI is InChI=1S/C20H23ClN2O3/c1-20(2,3)23-18(24)12-22-19(25)16-6-4-5-7-17(16)26-13-14-8-10-15(21)11-9-14/h4-11H,12-13H2,1-3H3,(H,22,25)(H,23,24). The fourth-order valence-electron chi connectivity index (χ4n) is 2.24. The number of nitrogens with one attached hydrogen (secondary N) is 2. The molecule has 0 aromatic heterocycles. The number of carbonyl (C=O) groups excluding carboxylic acids is 2. The lowest BCUT2D eigenvalue weighted by molar-refractivity contribution is -0.121. The third-order valence-corrected chi connectivity index (χ3v) is 3.62. The van der Waals surface area contributed by atoms with Crippen molar-refractivity contribution >= 4 is 23.4 Å². The second kappa shape index (κ2) is 8.72. The Bertz CT molecular complexity index is 767. The van der Waals surface area contributed by atoms with Crippen LogP contribution in [0.1, 0.15) is 36.7 Å². The molecule has 0 aliphatic rings. The highest BCUT2D eigenvalue weighted by molar-refractivity contribution is 6.30. The van der Waals surface area contributed by atoms with Crippen molar-refractivity contribution < 1.29 is 14.3 Å². The zero-order valence-corrected chi connectivity index (χ0v) is 15.9. The number of rotatable bonds is 6. The smallest absolute Gasteiger partial charge is 0.255 e. The van der Waals surface area contributed by atoms with E-state index in [-0.39, 0.29) is 23.9 Å². The highest BCUT2D eigenvalue weighted by atomic mass is 35.5. The summed E-state index contributed by atoms with van der Waals surface area (Å²) < 4.78 is 5.77. The molecular formula is C20H23ClN2O3. The van der Waals surface area contributed by atoms with Crippen molar-refractivity contribution in [2.45, 2.75) is 32.9 Å². The molecule has 26 heavy (non-hydrogen) atoms. The number of carbonyl (C=O) groups is 2. The summed E-state index contributed by atoms with van der Waals surface area (Å²) in [7, 11) is 0. The van der Waals surface area contributed by atoms with E-state index >= 15 is 0 Å². The number of benzene rings is 2. The van der Waals surface area contributed by atoms with Crippen molar-refractivity contribution in [2.75, 3.05) is 6.54 Å². The molecule has 0 radical (unpaired) electrons. The predicted octanol–water partition coefficient (Wildman–Crippen LogP) is 3.56. The Morgan fingerprint density at radius 1 is 1.04 bits per heavy atom. The minimum atomic E-state index is -0.360. The highest BCUT2D eigenvalue weighted by Crippen LogP contribution is 2.20. The molecule has 0 aliphatic carbocycles. The summed E-state index contributed by atoms with van der Waals surface area (Å²) >= 11 is 5.87. The molecule has 2 amide bonds. The van der Waals surface area contributed by atoms with E-state index in [2.05, 4.69) is 10.6 Å². The van der Waals surface area contributed by atoms with Crippen LogP contribution in [0.5, 0.6) is 5.75 Å². The molecule has 0 spiro atoms. The first kappa shape index (κ1) is 19.8. The summed E-state index contributed by atoms with van der Waals surface area (Å²) in [6, 6.07) is 14.2. The molecule has 6 heteroatoms. The van der Waals surface area contributed by atoms with E-state index in [1.807, 2.05) is 32.9 Å². The van der Waals surface area contributed by atoms with Crippen LogP contribution in [0.4, 0.5) is 0 Å². The normalized spacial score (nSPS) is 10.9. The number of para-hydroxylation sites is 1. The van der Waals surface area contributed by atoms with Crippen LogP contribution in [0.3, 0.4) is 0 Å². The minimum Gasteiger partial charge on any atom is -0.488 e. The number of ether oxygens (including phenoxy) is 1. The molecule has 2 aromatic carbocycles. The molecule has 0 saturated heterocycles. The number of hydrogen-bond acceptors (Lipinski definition) is 3. The Morgan fingerprint density at radius 2 is 1.69 bits per heavy atom. The maximum Gasteiger partial charge on any atom is 0.255 e. The Hall–Kier alpha value is -2.53. The van der Waals surface area contributed by atoms with Gasteiger partial charge in [-0.15, -0.1) is 0 Å². The fraction of sp³-hybridized carbons (Fsp3) is 0.300. The van der Waals surface area contributed by atoms with E-state index in [0.29, 0.717) is 22.9 Å². The summed E-state index contributed by atoms with van der Waals surface area (Å²) in [5, 5.41) is 6.07. The van der Waals surface area contributed by atoms with Crippen LogP contribution in [-0.2, 0) is 11.4 Å². The predicted molar refractivity (Wildman–Crippen MR) is 102 cm³/mol. The van der Waals surface area contributed by atoms with Crippen LogP contribution in [0, 0.1) is 0 Å². The summed E-state index contributed by atoms with van der Waals surface area (Å²) in [5.41, 5.74) is 0.973. The highest BCUT2D eigenvalue weighted by Gasteiger charge is 2.16. The Kier molecular flexibility index (Phi) is 6.64. The van der Waals surface area contributed by atoms with Crippen molar-refractivity contribution in [3.8, 4) is 5.75 Å². The van der Waals surface area contributed by atoms with E-state index in [4.69, 9.17) is 16.3 Å². The third kappa shape index (κ3) is 6.41. The maximum atomic E-state index is 12.4. The topological polar surface area (TPSA) is 67.4 Å². The molecule has 0 saturated carbocycles. The molecule has 2 aromatic rings. The Labute approximate surface area is 158 Å². The molecule has 0 unspecified atom stereocenters. The first-order chi connectivity index (χ1) is 12.2. The van der Waals surface area contributed by atoms with Gasteiger partial charge < -0.3 is 15.4 Å². The van der Waals surface area contributed by atoms with E-state index in [0.717, 1.165) is 5.56 Å². The molecule has 0 aliphatic heterocycles. The van der Waals surface area contributed by atoms with Gasteiger partial charge in [-0.05, 0) is 50.6 Å². The van der Waals surface area contributed by atoms with Gasteiger partial charge in [-0.2, -0.15) is 0 Å². The summed E-state index contributed by atoms with van der Waals surface area (Å²) in [6.45, 7) is 5.86. The van der Waals surface area contributed by atoms with Crippen molar-refractivity contribution in [3.05, 3.63) is 64.7 Å². The van der Waals surface area contributed by atoms with E-state index < -0.39 is 0 Å². The molecule has 2 rings (SSSR count). The van der Waals surface area contributed by atoms with Gasteiger partial charge in [0.1, 0.15) is 12.4 Å². The summed E-state index contributed by atoms with van der Waals surface area (Å²) in [6.07, 6.45) is 0. The van der Waals surface area contributed by atoms with Crippen LogP contribution in [0.2, 0.25) is 5.02 Å². The fourth-order valence-corrected chi connectivity index (χ4v) is 2.37. The van der Waals surface area contributed by atoms with Crippen molar-refractivity contribution in [3.63, 3.8) is 0 Å². The SMILES string of the molecule is CC(C)(C)NC(=O)CNC(=O)c1ccccc1OCc1ccc(Cl)cc1. The number of hydrogen-bond donors (Lipinski definition) is 2. The van der Waals surface area contributed by atoms with Gasteiger partial charge in [0.15, 0.2) is 0 Å². The summed E-state index contributed by atoms with van der Waals surface area (Å²) in [5.74, 6) is -0.151.